The highest BCUT2D eigenvalue weighted by Crippen LogP contribution is 2.26. The van der Waals surface area contributed by atoms with Crippen LogP contribution in [0.15, 0.2) is 18.2 Å². The average molecular weight is 266 g/mol. The molecule has 8 heteroatoms. The van der Waals surface area contributed by atoms with E-state index in [0.717, 1.165) is 6.07 Å². The molecule has 0 saturated heterocycles. The molecule has 88 valence electrons. The molecule has 1 rings (SSSR count). The van der Waals surface area contributed by atoms with Crippen molar-refractivity contribution >= 4 is 25.4 Å². The van der Waals surface area contributed by atoms with Crippen LogP contribution in [-0.2, 0) is 14.8 Å². The van der Waals surface area contributed by atoms with Crippen molar-refractivity contribution in [1.82, 2.24) is 0 Å². The number of nitro groups is 1. The Morgan fingerprint density at radius 1 is 1.50 bits per heavy atom. The number of nitro benzene ring substituents is 1. The fourth-order valence-corrected chi connectivity index (χ4v) is 2.11. The van der Waals surface area contributed by atoms with Crippen molar-refractivity contribution in [1.29, 1.82) is 0 Å². The van der Waals surface area contributed by atoms with E-state index >= 15 is 0 Å². The van der Waals surface area contributed by atoms with Crippen LogP contribution in [0.2, 0.25) is 0 Å². The van der Waals surface area contributed by atoms with Crippen molar-refractivity contribution in [3.05, 3.63) is 33.9 Å². The van der Waals surface area contributed by atoms with Gasteiger partial charge in [0.05, 0.1) is 23.9 Å². The summed E-state index contributed by atoms with van der Waals surface area (Å²) in [7, 11) is 2.66. The van der Waals surface area contributed by atoms with Crippen LogP contribution < -0.4 is 4.74 Å². The van der Waals surface area contributed by atoms with Crippen molar-refractivity contribution in [2.45, 2.75) is 5.75 Å². The molecule has 0 bridgehead atoms. The maximum absolute atomic E-state index is 10.9. The van der Waals surface area contributed by atoms with E-state index < -0.39 is 19.7 Å². The Labute approximate surface area is 96.4 Å². The molecule has 0 unspecified atom stereocenters. The zero-order chi connectivity index (χ0) is 12.3. The molecule has 0 radical (unpaired) electrons. The summed E-state index contributed by atoms with van der Waals surface area (Å²) in [5.41, 5.74) is 0.107. The van der Waals surface area contributed by atoms with Gasteiger partial charge < -0.3 is 4.74 Å². The lowest BCUT2D eigenvalue weighted by Gasteiger charge is -2.06. The minimum Gasteiger partial charge on any atom is -0.496 e. The molecule has 0 aromatic heterocycles. The van der Waals surface area contributed by atoms with Crippen LogP contribution in [0.4, 0.5) is 5.69 Å². The second kappa shape index (κ2) is 4.67. The van der Waals surface area contributed by atoms with Crippen LogP contribution in [-0.4, -0.2) is 20.5 Å². The number of non-ortho nitro benzene ring substituents is 1. The van der Waals surface area contributed by atoms with E-state index in [1.165, 1.54) is 19.2 Å². The summed E-state index contributed by atoms with van der Waals surface area (Å²) < 4.78 is 26.6. The first kappa shape index (κ1) is 12.7. The standard InChI is InChI=1S/C8H8ClNO5S/c1-15-8-4-7(10(11)12)3-2-6(8)5-16(9,13)14/h2-4H,5H2,1H3. The third-order valence-electron chi connectivity index (χ3n) is 1.81. The number of benzene rings is 1. The molecule has 0 heterocycles. The van der Waals surface area contributed by atoms with Crippen LogP contribution in [0.25, 0.3) is 0 Å². The summed E-state index contributed by atoms with van der Waals surface area (Å²) in [6.45, 7) is 0. The average Bonchev–Trinajstić information content (AvgIpc) is 2.15. The molecule has 0 aliphatic rings. The lowest BCUT2D eigenvalue weighted by Crippen LogP contribution is -1.99. The summed E-state index contributed by atoms with van der Waals surface area (Å²) in [6, 6.07) is 3.65. The van der Waals surface area contributed by atoms with Crippen LogP contribution in [0.5, 0.6) is 5.75 Å². The topological polar surface area (TPSA) is 86.5 Å². The molecule has 1 aromatic rings. The lowest BCUT2D eigenvalue weighted by atomic mass is 10.2. The van der Waals surface area contributed by atoms with Gasteiger partial charge in [0.1, 0.15) is 5.75 Å². The van der Waals surface area contributed by atoms with Gasteiger partial charge in [0.15, 0.2) is 0 Å². The molecule has 0 amide bonds. The van der Waals surface area contributed by atoms with Gasteiger partial charge in [-0.05, 0) is 6.07 Å². The number of methoxy groups -OCH3 is 1. The first-order valence-electron chi connectivity index (χ1n) is 4.07. The Bertz CT molecular complexity index is 513. The maximum Gasteiger partial charge on any atom is 0.273 e. The Morgan fingerprint density at radius 2 is 2.12 bits per heavy atom. The molecule has 1 aromatic carbocycles. The highest BCUT2D eigenvalue weighted by Gasteiger charge is 2.15. The number of ether oxygens (including phenoxy) is 1. The van der Waals surface area contributed by atoms with Gasteiger partial charge in [-0.1, -0.05) is 0 Å². The molecule has 0 spiro atoms. The first-order valence-corrected chi connectivity index (χ1v) is 6.55. The molecular formula is C8H8ClNO5S. The quantitative estimate of drug-likeness (QED) is 0.469. The van der Waals surface area contributed by atoms with E-state index in [9.17, 15) is 18.5 Å². The van der Waals surface area contributed by atoms with Gasteiger partial charge in [-0.15, -0.1) is 0 Å². The Kier molecular flexibility index (Phi) is 3.71. The maximum atomic E-state index is 10.9. The van der Waals surface area contributed by atoms with Crippen molar-refractivity contribution < 1.29 is 18.1 Å². The summed E-state index contributed by atoms with van der Waals surface area (Å²) in [6.07, 6.45) is 0. The largest absolute Gasteiger partial charge is 0.496 e. The molecule has 0 fully saturated rings. The first-order chi connectivity index (χ1) is 7.33. The van der Waals surface area contributed by atoms with Crippen LogP contribution >= 0.6 is 10.7 Å². The SMILES string of the molecule is COc1cc([N+](=O)[O-])ccc1CS(=O)(=O)Cl. The molecule has 6 nitrogen and oxygen atoms in total. The molecule has 0 aliphatic carbocycles. The van der Waals surface area contributed by atoms with Gasteiger partial charge in [-0.2, -0.15) is 0 Å². The van der Waals surface area contributed by atoms with Crippen LogP contribution in [0, 0.1) is 10.1 Å². The summed E-state index contributed by atoms with van der Waals surface area (Å²) >= 11 is 0. The third-order valence-corrected chi connectivity index (χ3v) is 2.79. The van der Waals surface area contributed by atoms with Gasteiger partial charge in [-0.25, -0.2) is 8.42 Å². The van der Waals surface area contributed by atoms with Crippen LogP contribution in [0.3, 0.4) is 0 Å². The van der Waals surface area contributed by atoms with Crippen LogP contribution in [0.1, 0.15) is 5.56 Å². The van der Waals surface area contributed by atoms with Crippen molar-refractivity contribution in [2.75, 3.05) is 7.11 Å². The van der Waals surface area contributed by atoms with Crippen molar-refractivity contribution in [2.24, 2.45) is 0 Å². The Hall–Kier alpha value is -1.34. The molecule has 0 atom stereocenters. The molecule has 0 saturated carbocycles. The molecular weight excluding hydrogens is 258 g/mol. The van der Waals surface area contributed by atoms with Gasteiger partial charge in [-0.3, -0.25) is 10.1 Å². The molecule has 0 aliphatic heterocycles. The second-order valence-corrected chi connectivity index (χ2v) is 5.71. The zero-order valence-electron chi connectivity index (χ0n) is 8.21. The fourth-order valence-electron chi connectivity index (χ4n) is 1.15. The molecule has 0 N–H and O–H groups in total. The van der Waals surface area contributed by atoms with Gasteiger partial charge in [0.25, 0.3) is 5.69 Å². The Balaban J connectivity index is 3.17. The second-order valence-electron chi connectivity index (χ2n) is 2.94. The smallest absolute Gasteiger partial charge is 0.273 e. The van der Waals surface area contributed by atoms with Crippen molar-refractivity contribution in [3.63, 3.8) is 0 Å². The predicted octanol–water partition coefficient (Wildman–Crippen LogP) is 1.67. The van der Waals surface area contributed by atoms with E-state index in [4.69, 9.17) is 15.4 Å². The number of halogens is 1. The molecule has 16 heavy (non-hydrogen) atoms. The fraction of sp³-hybridized carbons (Fsp3) is 0.250. The number of rotatable bonds is 4. The summed E-state index contributed by atoms with van der Waals surface area (Å²) in [5, 5.41) is 10.5. The predicted molar refractivity (Wildman–Crippen MR) is 58.1 cm³/mol. The van der Waals surface area contributed by atoms with Gasteiger partial charge in [0, 0.05) is 22.3 Å². The summed E-state index contributed by atoms with van der Waals surface area (Å²) in [5.74, 6) is -0.311. The highest BCUT2D eigenvalue weighted by atomic mass is 35.7. The number of hydrogen-bond donors (Lipinski definition) is 0. The summed E-state index contributed by atoms with van der Waals surface area (Å²) in [4.78, 5) is 9.88. The number of nitrogens with zero attached hydrogens (tertiary/aromatic N) is 1. The minimum atomic E-state index is -3.72. The highest BCUT2D eigenvalue weighted by molar-refractivity contribution is 8.13. The normalized spacial score (nSPS) is 11.1. The van der Waals surface area contributed by atoms with E-state index in [1.807, 2.05) is 0 Å². The lowest BCUT2D eigenvalue weighted by molar-refractivity contribution is -0.384. The van der Waals surface area contributed by atoms with E-state index in [-0.39, 0.29) is 17.0 Å². The van der Waals surface area contributed by atoms with E-state index in [2.05, 4.69) is 0 Å². The van der Waals surface area contributed by atoms with E-state index in [0.29, 0.717) is 0 Å². The monoisotopic (exact) mass is 265 g/mol. The third kappa shape index (κ3) is 3.35. The van der Waals surface area contributed by atoms with Crippen molar-refractivity contribution in [3.8, 4) is 5.75 Å². The van der Waals surface area contributed by atoms with E-state index in [1.54, 1.807) is 0 Å². The minimum absolute atomic E-state index is 0.124. The number of hydrogen-bond acceptors (Lipinski definition) is 5. The zero-order valence-corrected chi connectivity index (χ0v) is 9.79. The van der Waals surface area contributed by atoms with Gasteiger partial charge >= 0.3 is 0 Å². The van der Waals surface area contributed by atoms with Gasteiger partial charge in [0.2, 0.25) is 9.05 Å². The Morgan fingerprint density at radius 3 is 2.56 bits per heavy atom.